The molecule has 1 nitrogen and oxygen atoms in total. The monoisotopic (exact) mass is 209 g/mol. The minimum Gasteiger partial charge on any atom is -0.192 e. The minimum atomic E-state index is 0.664. The van der Waals surface area contributed by atoms with Crippen LogP contribution in [0.2, 0.25) is 0 Å². The molecular weight excluding hydrogens is 194 g/mol. The van der Waals surface area contributed by atoms with E-state index in [1.807, 2.05) is 18.2 Å². The van der Waals surface area contributed by atoms with Crippen LogP contribution in [0.1, 0.15) is 25.0 Å². The fourth-order valence-corrected chi connectivity index (χ4v) is 1.96. The van der Waals surface area contributed by atoms with Crippen LogP contribution in [0.4, 0.5) is 0 Å². The number of benzene rings is 2. The van der Waals surface area contributed by atoms with Crippen molar-refractivity contribution in [2.75, 3.05) is 0 Å². The average molecular weight is 209 g/mol. The summed E-state index contributed by atoms with van der Waals surface area (Å²) in [5.74, 6) is 0.664. The van der Waals surface area contributed by atoms with E-state index in [1.165, 1.54) is 10.9 Å². The Morgan fingerprint density at radius 3 is 2.50 bits per heavy atom. The van der Waals surface area contributed by atoms with Gasteiger partial charge in [-0.2, -0.15) is 5.26 Å². The number of nitriles is 1. The zero-order chi connectivity index (χ0) is 11.5. The van der Waals surface area contributed by atoms with Gasteiger partial charge in [0.1, 0.15) is 0 Å². The third kappa shape index (κ3) is 2.23. The van der Waals surface area contributed by atoms with E-state index in [0.717, 1.165) is 17.4 Å². The predicted molar refractivity (Wildman–Crippen MR) is 67.2 cm³/mol. The molecular formula is C15H15N. The normalized spacial score (nSPS) is 10.6. The Morgan fingerprint density at radius 2 is 1.81 bits per heavy atom. The van der Waals surface area contributed by atoms with Gasteiger partial charge in [0.25, 0.3) is 0 Å². The second-order valence-corrected chi connectivity index (χ2v) is 4.61. The summed E-state index contributed by atoms with van der Waals surface area (Å²) in [5.41, 5.74) is 2.08. The van der Waals surface area contributed by atoms with E-state index >= 15 is 0 Å². The molecule has 0 saturated carbocycles. The summed E-state index contributed by atoms with van der Waals surface area (Å²) in [6.07, 6.45) is 1.09. The van der Waals surface area contributed by atoms with Gasteiger partial charge in [0.15, 0.2) is 0 Å². The van der Waals surface area contributed by atoms with Crippen LogP contribution in [-0.4, -0.2) is 0 Å². The van der Waals surface area contributed by atoms with Crippen molar-refractivity contribution in [1.82, 2.24) is 0 Å². The lowest BCUT2D eigenvalue weighted by Gasteiger charge is -2.06. The quantitative estimate of drug-likeness (QED) is 0.735. The first-order valence-corrected chi connectivity index (χ1v) is 5.62. The fraction of sp³-hybridized carbons (Fsp3) is 0.267. The van der Waals surface area contributed by atoms with Gasteiger partial charge in [0.2, 0.25) is 0 Å². The van der Waals surface area contributed by atoms with E-state index < -0.39 is 0 Å². The molecule has 2 rings (SSSR count). The van der Waals surface area contributed by atoms with E-state index in [2.05, 4.69) is 38.1 Å². The number of nitrogens with zero attached hydrogens (tertiary/aromatic N) is 1. The summed E-state index contributed by atoms with van der Waals surface area (Å²) in [7, 11) is 0. The first-order valence-electron chi connectivity index (χ1n) is 5.62. The van der Waals surface area contributed by atoms with E-state index in [-0.39, 0.29) is 0 Å². The molecule has 2 aromatic carbocycles. The van der Waals surface area contributed by atoms with E-state index in [0.29, 0.717) is 5.92 Å². The van der Waals surface area contributed by atoms with Gasteiger partial charge in [-0.15, -0.1) is 0 Å². The second kappa shape index (κ2) is 4.37. The van der Waals surface area contributed by atoms with Gasteiger partial charge >= 0.3 is 0 Å². The van der Waals surface area contributed by atoms with Crippen molar-refractivity contribution in [3.8, 4) is 6.07 Å². The van der Waals surface area contributed by atoms with Crippen LogP contribution in [-0.2, 0) is 6.42 Å². The van der Waals surface area contributed by atoms with Gasteiger partial charge in [-0.25, -0.2) is 0 Å². The molecule has 16 heavy (non-hydrogen) atoms. The Morgan fingerprint density at radius 1 is 1.06 bits per heavy atom. The van der Waals surface area contributed by atoms with Crippen molar-refractivity contribution >= 4 is 10.8 Å². The van der Waals surface area contributed by atoms with Crippen LogP contribution < -0.4 is 0 Å². The number of rotatable bonds is 2. The van der Waals surface area contributed by atoms with Gasteiger partial charge in [0, 0.05) is 0 Å². The van der Waals surface area contributed by atoms with E-state index in [9.17, 15) is 0 Å². The average Bonchev–Trinajstić information content (AvgIpc) is 2.27. The summed E-state index contributed by atoms with van der Waals surface area (Å²) in [4.78, 5) is 0. The molecule has 0 N–H and O–H groups in total. The first-order chi connectivity index (χ1) is 7.69. The summed E-state index contributed by atoms with van der Waals surface area (Å²) in [6.45, 7) is 4.44. The third-order valence-electron chi connectivity index (χ3n) is 2.68. The van der Waals surface area contributed by atoms with E-state index in [1.54, 1.807) is 0 Å². The summed E-state index contributed by atoms with van der Waals surface area (Å²) >= 11 is 0. The van der Waals surface area contributed by atoms with Crippen molar-refractivity contribution in [3.05, 3.63) is 47.5 Å². The highest BCUT2D eigenvalue weighted by Gasteiger charge is 2.00. The van der Waals surface area contributed by atoms with Crippen molar-refractivity contribution in [3.63, 3.8) is 0 Å². The summed E-state index contributed by atoms with van der Waals surface area (Å²) < 4.78 is 0. The molecule has 0 amide bonds. The van der Waals surface area contributed by atoms with Crippen molar-refractivity contribution < 1.29 is 0 Å². The van der Waals surface area contributed by atoms with Gasteiger partial charge in [-0.1, -0.05) is 38.1 Å². The molecule has 1 heteroatoms. The van der Waals surface area contributed by atoms with Crippen molar-refractivity contribution in [2.45, 2.75) is 20.3 Å². The maximum absolute atomic E-state index is 8.86. The fourth-order valence-electron chi connectivity index (χ4n) is 1.96. The highest BCUT2D eigenvalue weighted by atomic mass is 14.2. The minimum absolute atomic E-state index is 0.664. The number of fused-ring (bicyclic) bond motifs is 1. The van der Waals surface area contributed by atoms with Gasteiger partial charge in [0.05, 0.1) is 11.6 Å². The largest absolute Gasteiger partial charge is 0.192 e. The SMILES string of the molecule is CC(C)Cc1ccc2ccc(C#N)cc2c1. The summed E-state index contributed by atoms with van der Waals surface area (Å²) in [5, 5.41) is 11.2. The molecule has 0 aliphatic heterocycles. The van der Waals surface area contributed by atoms with E-state index in [4.69, 9.17) is 5.26 Å². The highest BCUT2D eigenvalue weighted by molar-refractivity contribution is 5.84. The van der Waals surface area contributed by atoms with Crippen LogP contribution >= 0.6 is 0 Å². The zero-order valence-corrected chi connectivity index (χ0v) is 9.70. The molecule has 2 aromatic rings. The summed E-state index contributed by atoms with van der Waals surface area (Å²) in [6, 6.07) is 14.5. The van der Waals surface area contributed by atoms with Crippen LogP contribution in [0, 0.1) is 17.2 Å². The molecule has 0 aliphatic carbocycles. The molecule has 0 bridgehead atoms. The lowest BCUT2D eigenvalue weighted by molar-refractivity contribution is 0.648. The van der Waals surface area contributed by atoms with Gasteiger partial charge < -0.3 is 0 Å². The molecule has 0 unspecified atom stereocenters. The van der Waals surface area contributed by atoms with Crippen LogP contribution in [0.3, 0.4) is 0 Å². The molecule has 80 valence electrons. The number of hydrogen-bond donors (Lipinski definition) is 0. The van der Waals surface area contributed by atoms with Crippen LogP contribution in [0.15, 0.2) is 36.4 Å². The number of hydrogen-bond acceptors (Lipinski definition) is 1. The first kappa shape index (κ1) is 10.7. The van der Waals surface area contributed by atoms with Gasteiger partial charge in [-0.3, -0.25) is 0 Å². The molecule has 0 aromatic heterocycles. The molecule has 0 saturated heterocycles. The molecule has 0 atom stereocenters. The molecule has 0 aliphatic rings. The lowest BCUT2D eigenvalue weighted by Crippen LogP contribution is -1.93. The Kier molecular flexibility index (Phi) is 2.92. The maximum atomic E-state index is 8.86. The Balaban J connectivity index is 2.47. The van der Waals surface area contributed by atoms with Crippen molar-refractivity contribution in [2.24, 2.45) is 5.92 Å². The Hall–Kier alpha value is -1.81. The predicted octanol–water partition coefficient (Wildman–Crippen LogP) is 3.91. The smallest absolute Gasteiger partial charge is 0.0991 e. The van der Waals surface area contributed by atoms with Gasteiger partial charge in [-0.05, 0) is 40.8 Å². The molecule has 0 fully saturated rings. The molecule has 0 radical (unpaired) electrons. The van der Waals surface area contributed by atoms with Crippen LogP contribution in [0.25, 0.3) is 10.8 Å². The second-order valence-electron chi connectivity index (χ2n) is 4.61. The lowest BCUT2D eigenvalue weighted by atomic mass is 9.99. The standard InChI is InChI=1S/C15H15N/c1-11(2)7-12-3-5-14-6-4-13(10-16)9-15(14)8-12/h3-6,8-9,11H,7H2,1-2H3. The zero-order valence-electron chi connectivity index (χ0n) is 9.70. The van der Waals surface area contributed by atoms with Crippen LogP contribution in [0.5, 0.6) is 0 Å². The topological polar surface area (TPSA) is 23.8 Å². The Bertz CT molecular complexity index is 547. The molecule has 0 spiro atoms. The Labute approximate surface area is 96.3 Å². The maximum Gasteiger partial charge on any atom is 0.0991 e. The molecule has 0 heterocycles. The van der Waals surface area contributed by atoms with Crippen molar-refractivity contribution in [1.29, 1.82) is 5.26 Å². The highest BCUT2D eigenvalue weighted by Crippen LogP contribution is 2.19. The third-order valence-corrected chi connectivity index (χ3v) is 2.68.